The van der Waals surface area contributed by atoms with Crippen LogP contribution in [-0.2, 0) is 38.1 Å². The summed E-state index contributed by atoms with van der Waals surface area (Å²) in [6.45, 7) is 8.71. The van der Waals surface area contributed by atoms with Crippen molar-refractivity contribution in [2.45, 2.75) is 96.7 Å². The molecule has 9 heteroatoms. The topological polar surface area (TPSA) is 109 Å². The Balaban J connectivity index is 2.31. The van der Waals surface area contributed by atoms with Crippen molar-refractivity contribution in [3.05, 3.63) is 0 Å². The molecular formula is C19H31NO8. The Morgan fingerprint density at radius 2 is 1.68 bits per heavy atom. The molecule has 2 saturated heterocycles. The van der Waals surface area contributed by atoms with E-state index in [1.54, 1.807) is 13.8 Å². The lowest BCUT2D eigenvalue weighted by atomic mass is 9.95. The summed E-state index contributed by atoms with van der Waals surface area (Å²) in [5.41, 5.74) is 0. The van der Waals surface area contributed by atoms with Crippen molar-refractivity contribution < 1.29 is 38.1 Å². The minimum Gasteiger partial charge on any atom is -0.457 e. The van der Waals surface area contributed by atoms with Crippen LogP contribution in [0.25, 0.3) is 0 Å². The molecule has 2 aliphatic rings. The first-order valence-corrected chi connectivity index (χ1v) is 9.80. The zero-order valence-corrected chi connectivity index (χ0v) is 17.2. The van der Waals surface area contributed by atoms with Gasteiger partial charge >= 0.3 is 11.9 Å². The molecule has 2 heterocycles. The van der Waals surface area contributed by atoms with Crippen molar-refractivity contribution in [1.29, 1.82) is 0 Å². The van der Waals surface area contributed by atoms with E-state index in [0.717, 1.165) is 0 Å². The zero-order valence-electron chi connectivity index (χ0n) is 17.2. The lowest BCUT2D eigenvalue weighted by molar-refractivity contribution is -0.365. The minimum absolute atomic E-state index is 0.175. The number of carbonyl (C=O) groups excluding carboxylic acids is 3. The average Bonchev–Trinajstić information content (AvgIpc) is 2.58. The molecule has 0 saturated carbocycles. The van der Waals surface area contributed by atoms with Crippen LogP contribution in [0.2, 0.25) is 0 Å². The fourth-order valence-corrected chi connectivity index (χ4v) is 3.26. The van der Waals surface area contributed by atoms with Crippen LogP contribution in [-0.4, -0.2) is 60.9 Å². The highest BCUT2D eigenvalue weighted by molar-refractivity contribution is 5.74. The molecule has 0 spiro atoms. The smallest absolute Gasteiger partial charge is 0.308 e. The van der Waals surface area contributed by atoms with Crippen molar-refractivity contribution in [2.24, 2.45) is 0 Å². The third kappa shape index (κ3) is 5.89. The predicted molar refractivity (Wildman–Crippen MR) is 97.0 cm³/mol. The third-order valence-corrected chi connectivity index (χ3v) is 4.45. The average molecular weight is 401 g/mol. The number of fused-ring (bicyclic) bond motifs is 1. The highest BCUT2D eigenvalue weighted by atomic mass is 16.8. The Kier molecular flexibility index (Phi) is 7.79. The largest absolute Gasteiger partial charge is 0.457 e. The maximum atomic E-state index is 12.2. The molecule has 0 aromatic rings. The predicted octanol–water partition coefficient (Wildman–Crippen LogP) is 1.42. The number of nitrogens with one attached hydrogen (secondary N) is 1. The Morgan fingerprint density at radius 3 is 2.25 bits per heavy atom. The Labute approximate surface area is 165 Å². The van der Waals surface area contributed by atoms with Gasteiger partial charge in [-0.15, -0.1) is 0 Å². The first-order valence-electron chi connectivity index (χ1n) is 9.80. The fraction of sp³-hybridized carbons (Fsp3) is 0.842. The van der Waals surface area contributed by atoms with E-state index in [2.05, 4.69) is 5.32 Å². The van der Waals surface area contributed by atoms with Gasteiger partial charge in [0.15, 0.2) is 11.9 Å². The molecule has 160 valence electrons. The first-order chi connectivity index (χ1) is 13.2. The standard InChI is InChI=1S/C19H31NO8/c1-6-8-13(22)26-17-15(20-11(3)21)18(27-14(23)9-7-2)25-12-10-24-19(4,5)28-16(12)17/h12,15-18H,6-10H2,1-5H3,(H,20,21)/t12?,15?,16-,17?,18+/m1/s1. The lowest BCUT2D eigenvalue weighted by Crippen LogP contribution is -2.69. The van der Waals surface area contributed by atoms with Crippen LogP contribution in [0, 0.1) is 0 Å². The molecule has 5 atom stereocenters. The number of hydrogen-bond acceptors (Lipinski definition) is 8. The van der Waals surface area contributed by atoms with E-state index < -0.39 is 48.4 Å². The van der Waals surface area contributed by atoms with Crippen LogP contribution in [0.3, 0.4) is 0 Å². The molecule has 9 nitrogen and oxygen atoms in total. The van der Waals surface area contributed by atoms with E-state index in [1.807, 2.05) is 13.8 Å². The number of esters is 2. The Hall–Kier alpha value is -1.71. The zero-order chi connectivity index (χ0) is 20.9. The first kappa shape index (κ1) is 22.6. The van der Waals surface area contributed by atoms with Crippen LogP contribution in [0.4, 0.5) is 0 Å². The number of carbonyl (C=O) groups is 3. The molecule has 0 aromatic heterocycles. The lowest BCUT2D eigenvalue weighted by Gasteiger charge is -2.50. The highest BCUT2D eigenvalue weighted by Crippen LogP contribution is 2.34. The van der Waals surface area contributed by atoms with Crippen molar-refractivity contribution >= 4 is 17.8 Å². The van der Waals surface area contributed by atoms with E-state index in [1.165, 1.54) is 6.92 Å². The fourth-order valence-electron chi connectivity index (χ4n) is 3.26. The second-order valence-electron chi connectivity index (χ2n) is 7.51. The number of amides is 1. The van der Waals surface area contributed by atoms with E-state index >= 15 is 0 Å². The van der Waals surface area contributed by atoms with Gasteiger partial charge in [0.1, 0.15) is 18.2 Å². The molecule has 2 rings (SSSR count). The second-order valence-corrected chi connectivity index (χ2v) is 7.51. The highest BCUT2D eigenvalue weighted by Gasteiger charge is 2.54. The van der Waals surface area contributed by atoms with Crippen molar-refractivity contribution in [2.75, 3.05) is 6.61 Å². The SMILES string of the molecule is CCCC(=O)OC1C(NC(C)=O)[C@H](OC(=O)CCC)OC2COC(C)(C)O[C@H]21. The van der Waals surface area contributed by atoms with Gasteiger partial charge in [0.05, 0.1) is 6.61 Å². The molecule has 1 amide bonds. The maximum Gasteiger partial charge on any atom is 0.308 e. The second kappa shape index (κ2) is 9.67. The molecule has 2 aliphatic heterocycles. The Bertz CT molecular complexity index is 578. The summed E-state index contributed by atoms with van der Waals surface area (Å²) in [6.07, 6.45) is -1.63. The van der Waals surface area contributed by atoms with Crippen LogP contribution >= 0.6 is 0 Å². The quantitative estimate of drug-likeness (QED) is 0.638. The summed E-state index contributed by atoms with van der Waals surface area (Å²) in [6, 6.07) is -0.894. The molecule has 28 heavy (non-hydrogen) atoms. The van der Waals surface area contributed by atoms with Gasteiger partial charge in [-0.2, -0.15) is 0 Å². The van der Waals surface area contributed by atoms with Crippen molar-refractivity contribution in [3.63, 3.8) is 0 Å². The van der Waals surface area contributed by atoms with Gasteiger partial charge in [-0.05, 0) is 26.7 Å². The molecule has 3 unspecified atom stereocenters. The van der Waals surface area contributed by atoms with E-state index in [9.17, 15) is 14.4 Å². The van der Waals surface area contributed by atoms with Crippen molar-refractivity contribution in [3.8, 4) is 0 Å². The molecule has 0 bridgehead atoms. The summed E-state index contributed by atoms with van der Waals surface area (Å²) in [4.78, 5) is 36.1. The van der Waals surface area contributed by atoms with Gasteiger partial charge in [0.2, 0.25) is 12.2 Å². The summed E-state index contributed by atoms with van der Waals surface area (Å²) < 4.78 is 28.6. The summed E-state index contributed by atoms with van der Waals surface area (Å²) in [7, 11) is 0. The number of ether oxygens (including phenoxy) is 5. The molecule has 0 radical (unpaired) electrons. The van der Waals surface area contributed by atoms with Gasteiger partial charge in [-0.1, -0.05) is 13.8 Å². The van der Waals surface area contributed by atoms with E-state index in [-0.39, 0.29) is 25.4 Å². The maximum absolute atomic E-state index is 12.2. The van der Waals surface area contributed by atoms with Gasteiger partial charge in [0, 0.05) is 19.8 Å². The third-order valence-electron chi connectivity index (χ3n) is 4.45. The molecule has 1 N–H and O–H groups in total. The molecule has 0 aromatic carbocycles. The van der Waals surface area contributed by atoms with Crippen LogP contribution in [0.5, 0.6) is 0 Å². The molecule has 0 aliphatic carbocycles. The molecular weight excluding hydrogens is 370 g/mol. The monoisotopic (exact) mass is 401 g/mol. The van der Waals surface area contributed by atoms with Crippen LogP contribution in [0.1, 0.15) is 60.3 Å². The number of rotatable bonds is 7. The van der Waals surface area contributed by atoms with Gasteiger partial charge in [-0.25, -0.2) is 0 Å². The normalized spacial score (nSPS) is 31.4. The van der Waals surface area contributed by atoms with E-state index in [0.29, 0.717) is 12.8 Å². The van der Waals surface area contributed by atoms with Crippen LogP contribution in [0.15, 0.2) is 0 Å². The summed E-state index contributed by atoms with van der Waals surface area (Å²) in [5.74, 6) is -2.16. The molecule has 2 fully saturated rings. The van der Waals surface area contributed by atoms with Gasteiger partial charge in [-0.3, -0.25) is 14.4 Å². The summed E-state index contributed by atoms with van der Waals surface area (Å²) >= 11 is 0. The number of hydrogen-bond donors (Lipinski definition) is 1. The van der Waals surface area contributed by atoms with Crippen molar-refractivity contribution in [1.82, 2.24) is 5.32 Å². The Morgan fingerprint density at radius 1 is 1.07 bits per heavy atom. The van der Waals surface area contributed by atoms with E-state index in [4.69, 9.17) is 23.7 Å². The van der Waals surface area contributed by atoms with Crippen LogP contribution < -0.4 is 5.32 Å². The van der Waals surface area contributed by atoms with Gasteiger partial charge in [0.25, 0.3) is 0 Å². The summed E-state index contributed by atoms with van der Waals surface area (Å²) in [5, 5.41) is 2.70. The van der Waals surface area contributed by atoms with Gasteiger partial charge < -0.3 is 29.0 Å². The minimum atomic E-state index is -1.11.